The molecule has 4 rings (SSSR count). The lowest BCUT2D eigenvalue weighted by Gasteiger charge is -2.28. The highest BCUT2D eigenvalue weighted by atomic mass is 16.5. The lowest BCUT2D eigenvalue weighted by Crippen LogP contribution is -2.44. The van der Waals surface area contributed by atoms with E-state index in [0.29, 0.717) is 19.1 Å². The van der Waals surface area contributed by atoms with Crippen LogP contribution < -0.4 is 9.47 Å². The fraction of sp³-hybridized carbons (Fsp3) is 0.650. The van der Waals surface area contributed by atoms with Crippen LogP contribution in [0.15, 0.2) is 18.2 Å². The topological polar surface area (TPSA) is 42.0 Å². The van der Waals surface area contributed by atoms with Crippen molar-refractivity contribution in [1.82, 2.24) is 9.80 Å². The Bertz CT molecular complexity index is 662. The van der Waals surface area contributed by atoms with E-state index < -0.39 is 0 Å². The highest BCUT2D eigenvalue weighted by Crippen LogP contribution is 2.42. The molecule has 3 aliphatic heterocycles. The first kappa shape index (κ1) is 16.7. The molecule has 0 bridgehead atoms. The molecule has 0 aliphatic carbocycles. The van der Waals surface area contributed by atoms with Crippen LogP contribution in [0.4, 0.5) is 0 Å². The summed E-state index contributed by atoms with van der Waals surface area (Å²) >= 11 is 0. The van der Waals surface area contributed by atoms with Gasteiger partial charge in [0.05, 0.1) is 11.5 Å². The van der Waals surface area contributed by atoms with Crippen LogP contribution >= 0.6 is 0 Å². The number of aryl methyl sites for hydroxylation is 1. The van der Waals surface area contributed by atoms with Gasteiger partial charge in [-0.3, -0.25) is 9.69 Å². The Kier molecular flexibility index (Phi) is 4.36. The molecule has 0 aromatic heterocycles. The molecule has 0 saturated carbocycles. The molecule has 1 amide bonds. The van der Waals surface area contributed by atoms with Crippen molar-refractivity contribution >= 4 is 5.91 Å². The summed E-state index contributed by atoms with van der Waals surface area (Å²) in [6.45, 7) is 9.06. The number of carbonyl (C=O) groups is 1. The summed E-state index contributed by atoms with van der Waals surface area (Å²) in [6, 6.07) is 6.28. The quantitative estimate of drug-likeness (QED) is 0.845. The minimum absolute atomic E-state index is 0.162. The predicted molar refractivity (Wildman–Crippen MR) is 96.1 cm³/mol. The Morgan fingerprint density at radius 2 is 1.92 bits per heavy atom. The zero-order valence-electron chi connectivity index (χ0n) is 15.3. The number of fused-ring (bicyclic) bond motifs is 1. The maximum absolute atomic E-state index is 12.9. The van der Waals surface area contributed by atoms with Gasteiger partial charge in [-0.25, -0.2) is 0 Å². The molecule has 1 spiro atoms. The average Bonchev–Trinajstić information content (AvgIpc) is 3.09. The van der Waals surface area contributed by atoms with Gasteiger partial charge in [0.15, 0.2) is 11.5 Å². The van der Waals surface area contributed by atoms with E-state index in [0.717, 1.165) is 56.9 Å². The van der Waals surface area contributed by atoms with Crippen molar-refractivity contribution in [2.24, 2.45) is 5.41 Å². The average molecular weight is 344 g/mol. The molecule has 2 unspecified atom stereocenters. The third-order valence-electron chi connectivity index (χ3n) is 5.96. The van der Waals surface area contributed by atoms with Crippen LogP contribution in [0.5, 0.6) is 11.5 Å². The second kappa shape index (κ2) is 6.52. The number of amides is 1. The van der Waals surface area contributed by atoms with E-state index >= 15 is 0 Å². The molecular formula is C20H28N2O3. The smallest absolute Gasteiger partial charge is 0.230 e. The van der Waals surface area contributed by atoms with Gasteiger partial charge in [0, 0.05) is 19.6 Å². The normalized spacial score (nSPS) is 29.4. The van der Waals surface area contributed by atoms with Gasteiger partial charge in [0.25, 0.3) is 0 Å². The van der Waals surface area contributed by atoms with Gasteiger partial charge >= 0.3 is 0 Å². The lowest BCUT2D eigenvalue weighted by atomic mass is 9.85. The maximum atomic E-state index is 12.9. The number of rotatable bonds is 3. The molecule has 1 aromatic carbocycles. The van der Waals surface area contributed by atoms with Gasteiger partial charge < -0.3 is 14.4 Å². The van der Waals surface area contributed by atoms with Crippen molar-refractivity contribution in [1.29, 1.82) is 0 Å². The van der Waals surface area contributed by atoms with E-state index in [-0.39, 0.29) is 11.5 Å². The van der Waals surface area contributed by atoms with Crippen molar-refractivity contribution in [3.63, 3.8) is 0 Å². The van der Waals surface area contributed by atoms with Crippen LogP contribution in [-0.4, -0.2) is 61.1 Å². The van der Waals surface area contributed by atoms with Gasteiger partial charge in [-0.1, -0.05) is 13.0 Å². The van der Waals surface area contributed by atoms with Crippen molar-refractivity contribution in [3.8, 4) is 11.5 Å². The molecule has 2 fully saturated rings. The highest BCUT2D eigenvalue weighted by Gasteiger charge is 2.51. The van der Waals surface area contributed by atoms with E-state index in [2.05, 4.69) is 23.6 Å². The summed E-state index contributed by atoms with van der Waals surface area (Å²) in [7, 11) is 0. The molecule has 3 aliphatic rings. The number of hydrogen-bond donors (Lipinski definition) is 0. The number of ether oxygens (including phenoxy) is 2. The van der Waals surface area contributed by atoms with Crippen LogP contribution in [0.1, 0.15) is 31.7 Å². The summed E-state index contributed by atoms with van der Waals surface area (Å²) in [5.41, 5.74) is 1.01. The fourth-order valence-electron chi connectivity index (χ4n) is 4.45. The molecule has 25 heavy (non-hydrogen) atoms. The SMILES string of the molecule is CCCN1CCC2(CCN(C3COc4ccc(C)cc4OC3)C2)C1=O. The van der Waals surface area contributed by atoms with Crippen LogP contribution in [-0.2, 0) is 4.79 Å². The minimum atomic E-state index is -0.162. The van der Waals surface area contributed by atoms with Gasteiger partial charge in [0.2, 0.25) is 5.91 Å². The summed E-state index contributed by atoms with van der Waals surface area (Å²) in [6.07, 6.45) is 3.00. The second-order valence-electron chi connectivity index (χ2n) is 7.77. The Hall–Kier alpha value is -1.75. The second-order valence-corrected chi connectivity index (χ2v) is 7.77. The van der Waals surface area contributed by atoms with Gasteiger partial charge in [-0.05, 0) is 50.4 Å². The van der Waals surface area contributed by atoms with E-state index in [1.165, 1.54) is 5.56 Å². The molecule has 1 aromatic rings. The van der Waals surface area contributed by atoms with Crippen molar-refractivity contribution < 1.29 is 14.3 Å². The first-order chi connectivity index (χ1) is 12.1. The van der Waals surface area contributed by atoms with E-state index in [9.17, 15) is 4.79 Å². The standard InChI is InChI=1S/C20H28N2O3/c1-3-8-21-9-6-20(19(21)23)7-10-22(14-20)16-12-24-17-5-4-15(2)11-18(17)25-13-16/h4-5,11,16H,3,6-10,12-14H2,1-2H3. The van der Waals surface area contributed by atoms with Crippen LogP contribution in [0.2, 0.25) is 0 Å². The Balaban J connectivity index is 1.42. The highest BCUT2D eigenvalue weighted by molar-refractivity contribution is 5.85. The molecular weight excluding hydrogens is 316 g/mol. The third kappa shape index (κ3) is 2.99. The van der Waals surface area contributed by atoms with Crippen molar-refractivity contribution in [2.75, 3.05) is 39.4 Å². The summed E-state index contributed by atoms with van der Waals surface area (Å²) in [5.74, 6) is 2.03. The number of carbonyl (C=O) groups excluding carboxylic acids is 1. The molecule has 2 atom stereocenters. The number of hydrogen-bond acceptors (Lipinski definition) is 4. The zero-order chi connectivity index (χ0) is 17.4. The van der Waals surface area contributed by atoms with Crippen LogP contribution in [0.25, 0.3) is 0 Å². The Morgan fingerprint density at radius 1 is 1.16 bits per heavy atom. The van der Waals surface area contributed by atoms with E-state index in [4.69, 9.17) is 9.47 Å². The molecule has 0 N–H and O–H groups in total. The van der Waals surface area contributed by atoms with E-state index in [1.807, 2.05) is 18.2 Å². The van der Waals surface area contributed by atoms with Gasteiger partial charge in [-0.15, -0.1) is 0 Å². The van der Waals surface area contributed by atoms with E-state index in [1.54, 1.807) is 0 Å². The summed E-state index contributed by atoms with van der Waals surface area (Å²) in [4.78, 5) is 17.3. The van der Waals surface area contributed by atoms with Gasteiger partial charge in [-0.2, -0.15) is 0 Å². The monoisotopic (exact) mass is 344 g/mol. The Morgan fingerprint density at radius 3 is 2.72 bits per heavy atom. The molecule has 5 nitrogen and oxygen atoms in total. The number of nitrogens with zero attached hydrogens (tertiary/aromatic N) is 2. The lowest BCUT2D eigenvalue weighted by molar-refractivity contribution is -0.135. The molecule has 0 radical (unpaired) electrons. The predicted octanol–water partition coefficient (Wildman–Crippen LogP) is 2.47. The number of likely N-dealkylation sites (tertiary alicyclic amines) is 2. The molecule has 3 heterocycles. The van der Waals surface area contributed by atoms with Crippen LogP contribution in [0, 0.1) is 12.3 Å². The first-order valence-corrected chi connectivity index (χ1v) is 9.51. The molecule has 136 valence electrons. The van der Waals surface area contributed by atoms with Crippen molar-refractivity contribution in [2.45, 2.75) is 39.2 Å². The fourth-order valence-corrected chi connectivity index (χ4v) is 4.45. The largest absolute Gasteiger partial charge is 0.488 e. The zero-order valence-corrected chi connectivity index (χ0v) is 15.3. The molecule has 5 heteroatoms. The molecule has 2 saturated heterocycles. The van der Waals surface area contributed by atoms with Crippen molar-refractivity contribution in [3.05, 3.63) is 23.8 Å². The summed E-state index contributed by atoms with van der Waals surface area (Å²) in [5, 5.41) is 0. The van der Waals surface area contributed by atoms with Crippen LogP contribution in [0.3, 0.4) is 0 Å². The Labute approximate surface area is 149 Å². The third-order valence-corrected chi connectivity index (χ3v) is 5.96. The maximum Gasteiger partial charge on any atom is 0.230 e. The first-order valence-electron chi connectivity index (χ1n) is 9.51. The summed E-state index contributed by atoms with van der Waals surface area (Å²) < 4.78 is 12.0. The van der Waals surface area contributed by atoms with Gasteiger partial charge in [0.1, 0.15) is 13.2 Å². The minimum Gasteiger partial charge on any atom is -0.488 e. The number of benzene rings is 1.